The summed E-state index contributed by atoms with van der Waals surface area (Å²) in [6.45, 7) is 3.06. The summed E-state index contributed by atoms with van der Waals surface area (Å²) in [5.41, 5.74) is 0. The Morgan fingerprint density at radius 2 is 2.12 bits per heavy atom. The Bertz CT molecular complexity index is 347. The van der Waals surface area contributed by atoms with Crippen molar-refractivity contribution >= 4 is 15.9 Å². The maximum atomic E-state index is 13.3. The number of hydrogen-bond donors (Lipinski definition) is 1. The highest BCUT2D eigenvalue weighted by Gasteiger charge is 2.02. The molecule has 0 unspecified atom stereocenters. The molecule has 0 aromatic heterocycles. The minimum Gasteiger partial charge on any atom is -0.489 e. The summed E-state index contributed by atoms with van der Waals surface area (Å²) in [6, 6.07) is 4.78. The van der Waals surface area contributed by atoms with Crippen LogP contribution in [0.25, 0.3) is 0 Å². The van der Waals surface area contributed by atoms with E-state index >= 15 is 0 Å². The van der Waals surface area contributed by atoms with Gasteiger partial charge in [0.15, 0.2) is 11.6 Å². The molecule has 0 heterocycles. The second-order valence-electron chi connectivity index (χ2n) is 3.98. The lowest BCUT2D eigenvalue weighted by molar-refractivity contribution is 0.294. The van der Waals surface area contributed by atoms with Crippen molar-refractivity contribution in [1.29, 1.82) is 0 Å². The monoisotopic (exact) mass is 304 g/mol. The van der Waals surface area contributed by atoms with Gasteiger partial charge in [-0.1, -0.05) is 15.9 Å². The van der Waals surface area contributed by atoms with Crippen molar-refractivity contribution < 1.29 is 9.13 Å². The van der Waals surface area contributed by atoms with E-state index in [-0.39, 0.29) is 5.82 Å². The van der Waals surface area contributed by atoms with E-state index in [4.69, 9.17) is 4.74 Å². The second kappa shape index (κ2) is 7.63. The van der Waals surface area contributed by atoms with Gasteiger partial charge in [-0.15, -0.1) is 0 Å². The van der Waals surface area contributed by atoms with Crippen LogP contribution in [-0.2, 0) is 0 Å². The molecule has 0 aliphatic rings. The third-order valence-electron chi connectivity index (χ3n) is 2.17. The van der Waals surface area contributed by atoms with Crippen LogP contribution in [0, 0.1) is 5.82 Å². The molecule has 0 saturated carbocycles. The van der Waals surface area contributed by atoms with E-state index in [2.05, 4.69) is 26.1 Å². The molecule has 0 fully saturated rings. The molecule has 96 valence electrons. The Morgan fingerprint density at radius 3 is 2.76 bits per heavy atom. The molecular weight excluding hydrogens is 287 g/mol. The van der Waals surface area contributed by atoms with Crippen molar-refractivity contribution in [2.75, 3.05) is 40.3 Å². The molecular formula is C12H18BrFN2O. The van der Waals surface area contributed by atoms with Crippen LogP contribution < -0.4 is 10.1 Å². The maximum absolute atomic E-state index is 13.3. The summed E-state index contributed by atoms with van der Waals surface area (Å²) in [6.07, 6.45) is 0. The summed E-state index contributed by atoms with van der Waals surface area (Å²) in [4.78, 5) is 2.10. The van der Waals surface area contributed by atoms with E-state index in [1.54, 1.807) is 12.1 Å². The van der Waals surface area contributed by atoms with Gasteiger partial charge in [-0.3, -0.25) is 0 Å². The highest BCUT2D eigenvalue weighted by Crippen LogP contribution is 2.21. The minimum atomic E-state index is -0.340. The number of halogens is 2. The van der Waals surface area contributed by atoms with E-state index in [9.17, 15) is 4.39 Å². The fourth-order valence-electron chi connectivity index (χ4n) is 1.25. The number of hydrogen-bond acceptors (Lipinski definition) is 3. The standard InChI is InChI=1S/C12H18BrFN2O/c1-16(2)7-5-15-6-8-17-12-4-3-10(13)9-11(12)14/h3-4,9,15H,5-8H2,1-2H3. The second-order valence-corrected chi connectivity index (χ2v) is 4.89. The van der Waals surface area contributed by atoms with Crippen LogP contribution in [-0.4, -0.2) is 45.2 Å². The summed E-state index contributed by atoms with van der Waals surface area (Å²) in [5, 5.41) is 3.22. The van der Waals surface area contributed by atoms with Crippen LogP contribution in [0.3, 0.4) is 0 Å². The zero-order chi connectivity index (χ0) is 12.7. The lowest BCUT2D eigenvalue weighted by atomic mass is 10.3. The summed E-state index contributed by atoms with van der Waals surface area (Å²) in [5.74, 6) is -0.0460. The Balaban J connectivity index is 2.18. The predicted molar refractivity (Wildman–Crippen MR) is 71.0 cm³/mol. The van der Waals surface area contributed by atoms with Crippen LogP contribution in [0.1, 0.15) is 0 Å². The molecule has 1 rings (SSSR count). The molecule has 0 atom stereocenters. The number of ether oxygens (including phenoxy) is 1. The van der Waals surface area contributed by atoms with Gasteiger partial charge in [-0.25, -0.2) is 4.39 Å². The topological polar surface area (TPSA) is 24.5 Å². The number of rotatable bonds is 7. The fourth-order valence-corrected chi connectivity index (χ4v) is 1.59. The first-order valence-electron chi connectivity index (χ1n) is 5.53. The zero-order valence-electron chi connectivity index (χ0n) is 10.2. The first-order valence-corrected chi connectivity index (χ1v) is 6.32. The van der Waals surface area contributed by atoms with Crippen molar-refractivity contribution in [3.05, 3.63) is 28.5 Å². The first-order chi connectivity index (χ1) is 8.09. The molecule has 17 heavy (non-hydrogen) atoms. The van der Waals surface area contributed by atoms with Crippen molar-refractivity contribution in [1.82, 2.24) is 10.2 Å². The molecule has 0 radical (unpaired) electrons. The Labute approximate surface area is 110 Å². The maximum Gasteiger partial charge on any atom is 0.166 e. The number of likely N-dealkylation sites (N-methyl/N-ethyl adjacent to an activating group) is 1. The van der Waals surface area contributed by atoms with Gasteiger partial charge in [0.25, 0.3) is 0 Å². The van der Waals surface area contributed by atoms with Crippen LogP contribution in [0.5, 0.6) is 5.75 Å². The molecule has 0 spiro atoms. The zero-order valence-corrected chi connectivity index (χ0v) is 11.8. The van der Waals surface area contributed by atoms with Crippen molar-refractivity contribution in [2.45, 2.75) is 0 Å². The predicted octanol–water partition coefficient (Wildman–Crippen LogP) is 2.12. The Hall–Kier alpha value is -0.650. The average molecular weight is 305 g/mol. The van der Waals surface area contributed by atoms with Crippen molar-refractivity contribution in [3.8, 4) is 5.75 Å². The van der Waals surface area contributed by atoms with E-state index in [1.807, 2.05) is 14.1 Å². The minimum absolute atomic E-state index is 0.294. The van der Waals surface area contributed by atoms with Crippen LogP contribution >= 0.6 is 15.9 Å². The lowest BCUT2D eigenvalue weighted by Gasteiger charge is -2.11. The van der Waals surface area contributed by atoms with Gasteiger partial charge in [0.05, 0.1) is 0 Å². The Morgan fingerprint density at radius 1 is 1.35 bits per heavy atom. The first kappa shape index (κ1) is 14.4. The molecule has 1 N–H and O–H groups in total. The molecule has 0 aliphatic carbocycles. The van der Waals surface area contributed by atoms with Gasteiger partial charge in [-0.05, 0) is 32.3 Å². The van der Waals surface area contributed by atoms with Gasteiger partial charge in [0.1, 0.15) is 6.61 Å². The SMILES string of the molecule is CN(C)CCNCCOc1ccc(Br)cc1F. The molecule has 0 aliphatic heterocycles. The number of nitrogens with zero attached hydrogens (tertiary/aromatic N) is 1. The highest BCUT2D eigenvalue weighted by molar-refractivity contribution is 9.10. The molecule has 1 aromatic rings. The molecule has 5 heteroatoms. The number of benzene rings is 1. The quantitative estimate of drug-likeness (QED) is 0.781. The van der Waals surface area contributed by atoms with Crippen LogP contribution in [0.4, 0.5) is 4.39 Å². The van der Waals surface area contributed by atoms with E-state index in [1.165, 1.54) is 6.07 Å². The van der Waals surface area contributed by atoms with Gasteiger partial charge in [-0.2, -0.15) is 0 Å². The van der Waals surface area contributed by atoms with Gasteiger partial charge in [0.2, 0.25) is 0 Å². The molecule has 3 nitrogen and oxygen atoms in total. The van der Waals surface area contributed by atoms with Crippen molar-refractivity contribution in [2.24, 2.45) is 0 Å². The molecule has 1 aromatic carbocycles. The third-order valence-corrected chi connectivity index (χ3v) is 2.66. The van der Waals surface area contributed by atoms with Gasteiger partial charge in [0, 0.05) is 24.1 Å². The smallest absolute Gasteiger partial charge is 0.166 e. The van der Waals surface area contributed by atoms with Gasteiger partial charge < -0.3 is 15.0 Å². The normalized spacial score (nSPS) is 10.9. The average Bonchev–Trinajstić information content (AvgIpc) is 2.25. The van der Waals surface area contributed by atoms with Crippen LogP contribution in [0.2, 0.25) is 0 Å². The van der Waals surface area contributed by atoms with E-state index in [0.29, 0.717) is 23.4 Å². The van der Waals surface area contributed by atoms with E-state index < -0.39 is 0 Å². The number of nitrogens with one attached hydrogen (secondary N) is 1. The van der Waals surface area contributed by atoms with Crippen molar-refractivity contribution in [3.63, 3.8) is 0 Å². The third kappa shape index (κ3) is 6.00. The van der Waals surface area contributed by atoms with Gasteiger partial charge >= 0.3 is 0 Å². The van der Waals surface area contributed by atoms with E-state index in [0.717, 1.165) is 13.1 Å². The summed E-state index contributed by atoms with van der Waals surface area (Å²) < 4.78 is 19.4. The molecule has 0 amide bonds. The highest BCUT2D eigenvalue weighted by atomic mass is 79.9. The Kier molecular flexibility index (Phi) is 6.47. The largest absolute Gasteiger partial charge is 0.489 e. The summed E-state index contributed by atoms with van der Waals surface area (Å²) in [7, 11) is 4.05. The summed E-state index contributed by atoms with van der Waals surface area (Å²) >= 11 is 3.20. The van der Waals surface area contributed by atoms with Crippen LogP contribution in [0.15, 0.2) is 22.7 Å². The molecule has 0 bridgehead atoms. The fraction of sp³-hybridized carbons (Fsp3) is 0.500. The molecule has 0 saturated heterocycles. The lowest BCUT2D eigenvalue weighted by Crippen LogP contribution is -2.29.